The Morgan fingerprint density at radius 3 is 2.77 bits per heavy atom. The first kappa shape index (κ1) is 16.5. The van der Waals surface area contributed by atoms with Crippen molar-refractivity contribution in [1.29, 1.82) is 0 Å². The van der Waals surface area contributed by atoms with E-state index in [0.717, 1.165) is 18.5 Å². The van der Waals surface area contributed by atoms with Gasteiger partial charge in [-0.15, -0.1) is 0 Å². The highest BCUT2D eigenvalue weighted by Gasteiger charge is 2.28. The summed E-state index contributed by atoms with van der Waals surface area (Å²) in [6.07, 6.45) is 2.25. The molecule has 3 aromatic rings. The molecule has 132 valence electrons. The third kappa shape index (κ3) is 3.01. The van der Waals surface area contributed by atoms with Crippen molar-refractivity contribution < 1.29 is 4.79 Å². The molecular formula is C21H21N3O2. The minimum absolute atomic E-state index is 0.0143. The van der Waals surface area contributed by atoms with Crippen molar-refractivity contribution in [3.8, 4) is 0 Å². The normalized spacial score (nSPS) is 17.0. The summed E-state index contributed by atoms with van der Waals surface area (Å²) in [7, 11) is 0. The van der Waals surface area contributed by atoms with Gasteiger partial charge in [0, 0.05) is 19.0 Å². The number of likely N-dealkylation sites (tertiary alicyclic amines) is 1. The van der Waals surface area contributed by atoms with Crippen LogP contribution in [0.4, 0.5) is 0 Å². The highest BCUT2D eigenvalue weighted by atomic mass is 16.2. The van der Waals surface area contributed by atoms with Gasteiger partial charge in [0.05, 0.1) is 17.2 Å². The maximum absolute atomic E-state index is 12.8. The van der Waals surface area contributed by atoms with Crippen LogP contribution in [0.5, 0.6) is 0 Å². The van der Waals surface area contributed by atoms with Crippen molar-refractivity contribution >= 4 is 16.9 Å². The van der Waals surface area contributed by atoms with E-state index in [9.17, 15) is 9.59 Å². The Bertz CT molecular complexity index is 1020. The summed E-state index contributed by atoms with van der Waals surface area (Å²) in [5.41, 5.74) is 3.76. The third-order valence-corrected chi connectivity index (χ3v) is 5.22. The first-order valence-electron chi connectivity index (χ1n) is 8.91. The lowest BCUT2D eigenvalue weighted by Gasteiger charge is -2.19. The van der Waals surface area contributed by atoms with E-state index in [-0.39, 0.29) is 18.0 Å². The Morgan fingerprint density at radius 2 is 1.92 bits per heavy atom. The summed E-state index contributed by atoms with van der Waals surface area (Å²) in [5, 5.41) is 0. The van der Waals surface area contributed by atoms with E-state index < -0.39 is 0 Å². The van der Waals surface area contributed by atoms with Gasteiger partial charge in [-0.2, -0.15) is 0 Å². The number of fused-ring (bicyclic) bond motifs is 1. The molecule has 1 aromatic heterocycles. The first-order valence-corrected chi connectivity index (χ1v) is 8.91. The van der Waals surface area contributed by atoms with Gasteiger partial charge in [0.2, 0.25) is 5.91 Å². The summed E-state index contributed by atoms with van der Waals surface area (Å²) in [5.74, 6) is 0.352. The van der Waals surface area contributed by atoms with E-state index in [2.05, 4.69) is 30.1 Å². The Morgan fingerprint density at radius 1 is 1.15 bits per heavy atom. The van der Waals surface area contributed by atoms with Crippen LogP contribution in [0.25, 0.3) is 11.0 Å². The zero-order valence-corrected chi connectivity index (χ0v) is 14.8. The number of carbonyl (C=O) groups is 1. The van der Waals surface area contributed by atoms with Crippen LogP contribution < -0.4 is 5.56 Å². The van der Waals surface area contributed by atoms with Crippen LogP contribution >= 0.6 is 0 Å². The average Bonchev–Trinajstić information content (AvgIpc) is 3.14. The summed E-state index contributed by atoms with van der Waals surface area (Å²) in [6, 6.07) is 15.8. The minimum atomic E-state index is -0.244. The predicted molar refractivity (Wildman–Crippen MR) is 101 cm³/mol. The fraction of sp³-hybridized carbons (Fsp3) is 0.286. The molecule has 2 heterocycles. The number of hydrogen-bond donors (Lipinski definition) is 0. The number of nitrogens with zero attached hydrogens (tertiary/aromatic N) is 3. The first-order chi connectivity index (χ1) is 12.6. The molecule has 1 amide bonds. The van der Waals surface area contributed by atoms with E-state index in [1.165, 1.54) is 21.9 Å². The molecule has 1 aliphatic rings. The molecule has 1 unspecified atom stereocenters. The van der Waals surface area contributed by atoms with Crippen LogP contribution in [-0.4, -0.2) is 33.4 Å². The second kappa shape index (κ2) is 6.75. The molecular weight excluding hydrogens is 326 g/mol. The maximum atomic E-state index is 12.8. The standard InChI is InChI=1S/C21H21N3O2/c1-15-6-2-3-7-17(15)16-10-11-23(13-16)21(26)14-24-19-9-5-4-8-18(19)22-12-20(24)25/h2-9,12,16H,10-11,13-14H2,1H3. The van der Waals surface area contributed by atoms with E-state index >= 15 is 0 Å². The summed E-state index contributed by atoms with van der Waals surface area (Å²) in [6.45, 7) is 3.61. The molecule has 1 saturated heterocycles. The van der Waals surface area contributed by atoms with Gasteiger partial charge in [-0.25, -0.2) is 4.98 Å². The van der Waals surface area contributed by atoms with E-state index in [1.54, 1.807) is 0 Å². The van der Waals surface area contributed by atoms with Gasteiger partial charge in [-0.05, 0) is 36.6 Å². The molecule has 1 aliphatic heterocycles. The smallest absolute Gasteiger partial charge is 0.269 e. The predicted octanol–water partition coefficient (Wildman–Crippen LogP) is 2.72. The molecule has 2 aromatic carbocycles. The zero-order valence-electron chi connectivity index (χ0n) is 14.8. The lowest BCUT2D eigenvalue weighted by atomic mass is 9.94. The molecule has 1 fully saturated rings. The molecule has 0 aliphatic carbocycles. The van der Waals surface area contributed by atoms with Crippen molar-refractivity contribution in [2.75, 3.05) is 13.1 Å². The number of benzene rings is 2. The zero-order chi connectivity index (χ0) is 18.1. The van der Waals surface area contributed by atoms with Crippen LogP contribution in [0.15, 0.2) is 59.5 Å². The molecule has 0 spiro atoms. The van der Waals surface area contributed by atoms with Crippen LogP contribution in [0.2, 0.25) is 0 Å². The Kier molecular flexibility index (Phi) is 4.29. The second-order valence-corrected chi connectivity index (χ2v) is 6.85. The average molecular weight is 347 g/mol. The van der Waals surface area contributed by atoms with Crippen molar-refractivity contribution in [2.24, 2.45) is 0 Å². The molecule has 0 N–H and O–H groups in total. The van der Waals surface area contributed by atoms with Crippen LogP contribution in [-0.2, 0) is 11.3 Å². The molecule has 0 bridgehead atoms. The Balaban J connectivity index is 1.54. The Labute approximate surface area is 151 Å². The molecule has 4 rings (SSSR count). The SMILES string of the molecule is Cc1ccccc1C1CCN(C(=O)Cn2c(=O)cnc3ccccc32)C1. The summed E-state index contributed by atoms with van der Waals surface area (Å²) in [4.78, 5) is 31.1. The molecule has 5 heteroatoms. The number of rotatable bonds is 3. The fourth-order valence-corrected chi connectivity index (χ4v) is 3.80. The van der Waals surface area contributed by atoms with Gasteiger partial charge >= 0.3 is 0 Å². The lowest BCUT2D eigenvalue weighted by Crippen LogP contribution is -2.35. The third-order valence-electron chi connectivity index (χ3n) is 5.22. The van der Waals surface area contributed by atoms with Crippen LogP contribution in [0, 0.1) is 6.92 Å². The molecule has 0 saturated carbocycles. The minimum Gasteiger partial charge on any atom is -0.341 e. The Hall–Kier alpha value is -2.95. The molecule has 5 nitrogen and oxygen atoms in total. The number of amides is 1. The highest BCUT2D eigenvalue weighted by Crippen LogP contribution is 2.29. The van der Waals surface area contributed by atoms with E-state index in [1.807, 2.05) is 35.2 Å². The van der Waals surface area contributed by atoms with Gasteiger partial charge < -0.3 is 4.90 Å². The van der Waals surface area contributed by atoms with E-state index in [4.69, 9.17) is 0 Å². The largest absolute Gasteiger partial charge is 0.341 e. The van der Waals surface area contributed by atoms with Gasteiger partial charge in [0.1, 0.15) is 6.54 Å². The fourth-order valence-electron chi connectivity index (χ4n) is 3.80. The highest BCUT2D eigenvalue weighted by molar-refractivity contribution is 5.80. The number of para-hydroxylation sites is 2. The number of carbonyl (C=O) groups excluding carboxylic acids is 1. The van der Waals surface area contributed by atoms with Crippen LogP contribution in [0.3, 0.4) is 0 Å². The van der Waals surface area contributed by atoms with Gasteiger partial charge in [-0.3, -0.25) is 14.2 Å². The van der Waals surface area contributed by atoms with Gasteiger partial charge in [-0.1, -0.05) is 36.4 Å². The van der Waals surface area contributed by atoms with Crippen molar-refractivity contribution in [3.63, 3.8) is 0 Å². The number of aromatic nitrogens is 2. The van der Waals surface area contributed by atoms with Gasteiger partial charge in [0.15, 0.2) is 0 Å². The topological polar surface area (TPSA) is 55.2 Å². The lowest BCUT2D eigenvalue weighted by molar-refractivity contribution is -0.130. The maximum Gasteiger partial charge on any atom is 0.269 e. The van der Waals surface area contributed by atoms with Crippen molar-refractivity contribution in [2.45, 2.75) is 25.8 Å². The molecule has 0 radical (unpaired) electrons. The van der Waals surface area contributed by atoms with Gasteiger partial charge in [0.25, 0.3) is 5.56 Å². The quantitative estimate of drug-likeness (QED) is 0.732. The van der Waals surface area contributed by atoms with Crippen molar-refractivity contribution in [3.05, 3.63) is 76.2 Å². The summed E-state index contributed by atoms with van der Waals surface area (Å²) >= 11 is 0. The van der Waals surface area contributed by atoms with E-state index in [0.29, 0.717) is 18.0 Å². The van der Waals surface area contributed by atoms with Crippen LogP contribution in [0.1, 0.15) is 23.5 Å². The number of hydrogen-bond acceptors (Lipinski definition) is 3. The summed E-state index contributed by atoms with van der Waals surface area (Å²) < 4.78 is 1.52. The number of aryl methyl sites for hydroxylation is 1. The molecule has 26 heavy (non-hydrogen) atoms. The monoisotopic (exact) mass is 347 g/mol. The second-order valence-electron chi connectivity index (χ2n) is 6.85. The molecule has 1 atom stereocenters. The van der Waals surface area contributed by atoms with Crippen molar-refractivity contribution in [1.82, 2.24) is 14.5 Å².